The maximum absolute atomic E-state index is 12.9. The van der Waals surface area contributed by atoms with Crippen LogP contribution in [0.4, 0.5) is 4.39 Å². The molecule has 0 amide bonds. The average molecular weight is 335 g/mol. The molecule has 0 saturated carbocycles. The summed E-state index contributed by atoms with van der Waals surface area (Å²) in [5.41, 5.74) is -1.13. The van der Waals surface area contributed by atoms with Crippen LogP contribution in [0.25, 0.3) is 0 Å². The Kier molecular flexibility index (Phi) is 5.13. The van der Waals surface area contributed by atoms with E-state index in [1.54, 1.807) is 18.3 Å². The van der Waals surface area contributed by atoms with Crippen LogP contribution < -0.4 is 4.74 Å². The Bertz CT molecular complexity index is 661. The number of aryl methyl sites for hydroxylation is 1. The number of aliphatic hydroxyl groups is 1. The summed E-state index contributed by atoms with van der Waals surface area (Å²) in [6.07, 6.45) is 3.65. The lowest BCUT2D eigenvalue weighted by atomic mass is 10.1. The molecule has 1 N–H and O–H groups in total. The topological polar surface area (TPSA) is 59.8 Å². The van der Waals surface area contributed by atoms with Crippen LogP contribution in [0.1, 0.15) is 5.82 Å². The first-order valence-electron chi connectivity index (χ1n) is 7.91. The first-order valence-corrected chi connectivity index (χ1v) is 7.91. The lowest BCUT2D eigenvalue weighted by Crippen LogP contribution is -2.48. The number of β-amino-alcohol motifs (C(OH)–C–C–N with tert-alkyl or cyclic N) is 1. The number of imidazole rings is 1. The van der Waals surface area contributed by atoms with Crippen LogP contribution in [0.3, 0.4) is 0 Å². The standard InChI is InChI=1S/C17H22FN3O3/c1-20-7-6-19-16(20)10-21-8-9-23-12-17(22,11-21)13-24-15-4-2-14(18)3-5-15/h2-7,22H,8-13H2,1H3. The fraction of sp³-hybridized carbons (Fsp3) is 0.471. The van der Waals surface area contributed by atoms with E-state index in [4.69, 9.17) is 9.47 Å². The normalized spacial score (nSPS) is 22.3. The van der Waals surface area contributed by atoms with E-state index in [-0.39, 0.29) is 19.0 Å². The Morgan fingerprint density at radius 3 is 2.88 bits per heavy atom. The highest BCUT2D eigenvalue weighted by Gasteiger charge is 2.34. The molecule has 1 fully saturated rings. The van der Waals surface area contributed by atoms with Crippen molar-refractivity contribution in [2.24, 2.45) is 7.05 Å². The van der Waals surface area contributed by atoms with Gasteiger partial charge in [-0.25, -0.2) is 9.37 Å². The Morgan fingerprint density at radius 2 is 2.17 bits per heavy atom. The third-order valence-corrected chi connectivity index (χ3v) is 4.05. The van der Waals surface area contributed by atoms with Gasteiger partial charge in [0.25, 0.3) is 0 Å². The molecule has 24 heavy (non-hydrogen) atoms. The molecule has 1 aliphatic heterocycles. The van der Waals surface area contributed by atoms with Crippen molar-refractivity contribution in [2.75, 3.05) is 32.9 Å². The molecule has 0 radical (unpaired) electrons. The predicted molar refractivity (Wildman–Crippen MR) is 86.1 cm³/mol. The van der Waals surface area contributed by atoms with Gasteiger partial charge in [-0.05, 0) is 24.3 Å². The lowest BCUT2D eigenvalue weighted by Gasteiger charge is -2.30. The highest BCUT2D eigenvalue weighted by atomic mass is 19.1. The summed E-state index contributed by atoms with van der Waals surface area (Å²) in [4.78, 5) is 6.42. The molecule has 1 unspecified atom stereocenters. The Balaban J connectivity index is 1.62. The van der Waals surface area contributed by atoms with Gasteiger partial charge in [0.2, 0.25) is 0 Å². The van der Waals surface area contributed by atoms with Gasteiger partial charge in [-0.3, -0.25) is 4.90 Å². The van der Waals surface area contributed by atoms with E-state index in [1.807, 2.05) is 17.8 Å². The van der Waals surface area contributed by atoms with Crippen molar-refractivity contribution >= 4 is 0 Å². The van der Waals surface area contributed by atoms with E-state index >= 15 is 0 Å². The number of hydrogen-bond donors (Lipinski definition) is 1. The van der Waals surface area contributed by atoms with E-state index in [1.165, 1.54) is 12.1 Å². The van der Waals surface area contributed by atoms with E-state index < -0.39 is 5.60 Å². The number of halogens is 1. The van der Waals surface area contributed by atoms with Crippen LogP contribution in [0.5, 0.6) is 5.75 Å². The molecule has 0 spiro atoms. The van der Waals surface area contributed by atoms with Crippen molar-refractivity contribution in [3.8, 4) is 5.75 Å². The molecule has 3 rings (SSSR count). The van der Waals surface area contributed by atoms with Crippen LogP contribution in [0, 0.1) is 5.82 Å². The minimum absolute atomic E-state index is 0.0791. The number of rotatable bonds is 5. The largest absolute Gasteiger partial charge is 0.490 e. The minimum Gasteiger partial charge on any atom is -0.490 e. The lowest BCUT2D eigenvalue weighted by molar-refractivity contribution is -0.0648. The Labute approximate surface area is 140 Å². The summed E-state index contributed by atoms with van der Waals surface area (Å²) in [6.45, 7) is 2.59. The quantitative estimate of drug-likeness (QED) is 0.890. The maximum Gasteiger partial charge on any atom is 0.134 e. The summed E-state index contributed by atoms with van der Waals surface area (Å²) in [5, 5.41) is 10.8. The van der Waals surface area contributed by atoms with Crippen molar-refractivity contribution in [3.05, 3.63) is 48.3 Å². The number of hydrogen-bond acceptors (Lipinski definition) is 5. The molecule has 1 aliphatic rings. The summed E-state index contributed by atoms with van der Waals surface area (Å²) < 4.78 is 26.1. The van der Waals surface area contributed by atoms with Gasteiger partial charge in [0.05, 0.1) is 19.8 Å². The fourth-order valence-corrected chi connectivity index (χ4v) is 2.72. The van der Waals surface area contributed by atoms with Gasteiger partial charge >= 0.3 is 0 Å². The van der Waals surface area contributed by atoms with Crippen LogP contribution in [-0.2, 0) is 18.3 Å². The molecule has 0 aliphatic carbocycles. The van der Waals surface area contributed by atoms with Crippen LogP contribution in [0.15, 0.2) is 36.7 Å². The van der Waals surface area contributed by atoms with E-state index in [2.05, 4.69) is 9.88 Å². The summed E-state index contributed by atoms with van der Waals surface area (Å²) >= 11 is 0. The van der Waals surface area contributed by atoms with Crippen molar-refractivity contribution in [1.29, 1.82) is 0 Å². The predicted octanol–water partition coefficient (Wildman–Crippen LogP) is 1.20. The molecule has 0 bridgehead atoms. The highest BCUT2D eigenvalue weighted by Crippen LogP contribution is 2.18. The zero-order valence-corrected chi connectivity index (χ0v) is 13.7. The van der Waals surface area contributed by atoms with Gasteiger partial charge in [-0.2, -0.15) is 0 Å². The second-order valence-corrected chi connectivity index (χ2v) is 6.18. The zero-order valence-electron chi connectivity index (χ0n) is 13.7. The zero-order chi connectivity index (χ0) is 17.0. The third-order valence-electron chi connectivity index (χ3n) is 4.05. The number of aromatic nitrogens is 2. The van der Waals surface area contributed by atoms with Crippen LogP contribution in [0.2, 0.25) is 0 Å². The average Bonchev–Trinajstić information content (AvgIpc) is 2.86. The Hall–Kier alpha value is -1.96. The highest BCUT2D eigenvalue weighted by molar-refractivity contribution is 5.22. The van der Waals surface area contributed by atoms with Crippen LogP contribution >= 0.6 is 0 Å². The van der Waals surface area contributed by atoms with Crippen molar-refractivity contribution < 1.29 is 19.0 Å². The fourth-order valence-electron chi connectivity index (χ4n) is 2.72. The second kappa shape index (κ2) is 7.29. The molecular weight excluding hydrogens is 313 g/mol. The third kappa shape index (κ3) is 4.31. The number of ether oxygens (including phenoxy) is 2. The van der Waals surface area contributed by atoms with Crippen molar-refractivity contribution in [2.45, 2.75) is 12.1 Å². The van der Waals surface area contributed by atoms with Gasteiger partial charge in [0, 0.05) is 32.5 Å². The van der Waals surface area contributed by atoms with E-state index in [9.17, 15) is 9.50 Å². The molecule has 6 nitrogen and oxygen atoms in total. The summed E-state index contributed by atoms with van der Waals surface area (Å²) in [6, 6.07) is 5.75. The van der Waals surface area contributed by atoms with Crippen molar-refractivity contribution in [3.63, 3.8) is 0 Å². The van der Waals surface area contributed by atoms with Gasteiger partial charge < -0.3 is 19.1 Å². The molecule has 130 valence electrons. The summed E-state index contributed by atoms with van der Waals surface area (Å²) in [5.74, 6) is 1.13. The first-order chi connectivity index (χ1) is 11.5. The molecular formula is C17H22FN3O3. The van der Waals surface area contributed by atoms with E-state index in [0.717, 1.165) is 5.82 Å². The molecule has 7 heteroatoms. The molecule has 2 aromatic rings. The van der Waals surface area contributed by atoms with Gasteiger partial charge in [-0.15, -0.1) is 0 Å². The van der Waals surface area contributed by atoms with Gasteiger partial charge in [0.15, 0.2) is 0 Å². The van der Waals surface area contributed by atoms with Gasteiger partial charge in [-0.1, -0.05) is 0 Å². The van der Waals surface area contributed by atoms with Crippen LogP contribution in [-0.4, -0.2) is 58.1 Å². The first kappa shape index (κ1) is 16.9. The monoisotopic (exact) mass is 335 g/mol. The second-order valence-electron chi connectivity index (χ2n) is 6.18. The number of nitrogens with zero attached hydrogens (tertiary/aromatic N) is 3. The minimum atomic E-state index is -1.13. The van der Waals surface area contributed by atoms with Gasteiger partial charge in [0.1, 0.15) is 29.6 Å². The maximum atomic E-state index is 12.9. The molecule has 2 heterocycles. The molecule has 1 atom stereocenters. The smallest absolute Gasteiger partial charge is 0.134 e. The molecule has 1 saturated heterocycles. The van der Waals surface area contributed by atoms with E-state index in [0.29, 0.717) is 32.0 Å². The van der Waals surface area contributed by atoms with Crippen molar-refractivity contribution in [1.82, 2.24) is 14.5 Å². The number of benzene rings is 1. The summed E-state index contributed by atoms with van der Waals surface area (Å²) in [7, 11) is 1.94. The molecule has 1 aromatic heterocycles. The Morgan fingerprint density at radius 1 is 1.38 bits per heavy atom. The molecule has 1 aromatic carbocycles. The SMILES string of the molecule is Cn1ccnc1CN1CCOCC(O)(COc2ccc(F)cc2)C1.